The highest BCUT2D eigenvalue weighted by Crippen LogP contribution is 2.40. The minimum Gasteiger partial charge on any atom is -0.327 e. The molecule has 0 saturated heterocycles. The average Bonchev–Trinajstić information content (AvgIpc) is 2.86. The Morgan fingerprint density at radius 2 is 1.75 bits per heavy atom. The molecule has 4 nitrogen and oxygen atoms in total. The fraction of sp³-hybridized carbons (Fsp3) is 0.875. The molecule has 2 fully saturated rings. The molecule has 0 amide bonds. The predicted molar refractivity (Wildman–Crippen MR) is 80.7 cm³/mol. The molecule has 0 aromatic carbocycles. The van der Waals surface area contributed by atoms with Crippen molar-refractivity contribution in [2.75, 3.05) is 0 Å². The molecule has 2 saturated carbocycles. The van der Waals surface area contributed by atoms with Gasteiger partial charge in [0.25, 0.3) is 0 Å². The van der Waals surface area contributed by atoms with Crippen molar-refractivity contribution in [3.8, 4) is 0 Å². The van der Waals surface area contributed by atoms with Crippen molar-refractivity contribution in [1.29, 1.82) is 0 Å². The fourth-order valence-corrected chi connectivity index (χ4v) is 4.17. The van der Waals surface area contributed by atoms with Gasteiger partial charge in [0.2, 0.25) is 0 Å². The van der Waals surface area contributed by atoms with Crippen LogP contribution in [-0.2, 0) is 5.41 Å². The molecule has 1 aromatic heterocycles. The summed E-state index contributed by atoms with van der Waals surface area (Å²) >= 11 is 0. The molecule has 112 valence electrons. The van der Waals surface area contributed by atoms with Crippen molar-refractivity contribution in [2.24, 2.45) is 5.73 Å². The summed E-state index contributed by atoms with van der Waals surface area (Å²) in [5.74, 6) is 2.24. The second kappa shape index (κ2) is 5.47. The fourth-order valence-electron chi connectivity index (χ4n) is 4.17. The predicted octanol–water partition coefficient (Wildman–Crippen LogP) is 3.25. The van der Waals surface area contributed by atoms with E-state index in [1.165, 1.54) is 44.9 Å². The lowest BCUT2D eigenvalue weighted by Crippen LogP contribution is -2.47. The van der Waals surface area contributed by atoms with E-state index < -0.39 is 0 Å². The zero-order valence-corrected chi connectivity index (χ0v) is 12.9. The van der Waals surface area contributed by atoms with Gasteiger partial charge in [-0.2, -0.15) is 0 Å². The number of aryl methyl sites for hydroxylation is 1. The van der Waals surface area contributed by atoms with Crippen LogP contribution in [0, 0.1) is 6.92 Å². The summed E-state index contributed by atoms with van der Waals surface area (Å²) in [6.07, 6.45) is 11.4. The van der Waals surface area contributed by atoms with Crippen LogP contribution in [0.25, 0.3) is 0 Å². The second-order valence-corrected chi connectivity index (χ2v) is 7.00. The highest BCUT2D eigenvalue weighted by molar-refractivity contribution is 5.16. The molecule has 2 atom stereocenters. The topological polar surface area (TPSA) is 56.7 Å². The molecular formula is C16H28N4. The molecule has 4 heteroatoms. The largest absolute Gasteiger partial charge is 0.327 e. The number of hydrogen-bond donors (Lipinski definition) is 1. The molecule has 2 unspecified atom stereocenters. The SMILES string of the molecule is Cc1nnc(C2(C)CCCCC2N)n1C1CCCCC1. The smallest absolute Gasteiger partial charge is 0.140 e. The Morgan fingerprint density at radius 1 is 1.05 bits per heavy atom. The Morgan fingerprint density at radius 3 is 2.45 bits per heavy atom. The van der Waals surface area contributed by atoms with E-state index in [0.29, 0.717) is 6.04 Å². The summed E-state index contributed by atoms with van der Waals surface area (Å²) < 4.78 is 2.43. The molecular weight excluding hydrogens is 248 g/mol. The lowest BCUT2D eigenvalue weighted by atomic mass is 9.71. The first kappa shape index (κ1) is 14.1. The van der Waals surface area contributed by atoms with Crippen molar-refractivity contribution < 1.29 is 0 Å². The first-order valence-electron chi connectivity index (χ1n) is 8.30. The first-order valence-corrected chi connectivity index (χ1v) is 8.30. The van der Waals surface area contributed by atoms with Gasteiger partial charge in [-0.05, 0) is 32.6 Å². The van der Waals surface area contributed by atoms with Gasteiger partial charge in [0.1, 0.15) is 11.6 Å². The Labute approximate surface area is 122 Å². The van der Waals surface area contributed by atoms with Gasteiger partial charge < -0.3 is 10.3 Å². The van der Waals surface area contributed by atoms with Crippen LogP contribution in [0.5, 0.6) is 0 Å². The summed E-state index contributed by atoms with van der Waals surface area (Å²) in [5, 5.41) is 8.97. The zero-order chi connectivity index (χ0) is 14.2. The Balaban J connectivity index is 1.97. The maximum absolute atomic E-state index is 6.47. The van der Waals surface area contributed by atoms with E-state index in [-0.39, 0.29) is 11.5 Å². The van der Waals surface area contributed by atoms with Gasteiger partial charge in [0.05, 0.1) is 0 Å². The second-order valence-electron chi connectivity index (χ2n) is 7.00. The normalized spacial score (nSPS) is 32.5. The van der Waals surface area contributed by atoms with Crippen LogP contribution >= 0.6 is 0 Å². The number of rotatable bonds is 2. The maximum Gasteiger partial charge on any atom is 0.140 e. The molecule has 1 aromatic rings. The van der Waals surface area contributed by atoms with Crippen LogP contribution in [-0.4, -0.2) is 20.8 Å². The van der Waals surface area contributed by atoms with Gasteiger partial charge in [-0.1, -0.05) is 39.0 Å². The Hall–Kier alpha value is -0.900. The van der Waals surface area contributed by atoms with Gasteiger partial charge in [0, 0.05) is 17.5 Å². The summed E-state index contributed by atoms with van der Waals surface area (Å²) in [6.45, 7) is 4.41. The lowest BCUT2D eigenvalue weighted by molar-refractivity contribution is 0.235. The molecule has 2 aliphatic rings. The molecule has 2 aliphatic carbocycles. The first-order chi connectivity index (χ1) is 9.63. The van der Waals surface area contributed by atoms with E-state index in [1.807, 2.05) is 0 Å². The van der Waals surface area contributed by atoms with E-state index in [0.717, 1.165) is 24.5 Å². The lowest BCUT2D eigenvalue weighted by Gasteiger charge is -2.40. The van der Waals surface area contributed by atoms with Crippen LogP contribution < -0.4 is 5.73 Å². The van der Waals surface area contributed by atoms with Crippen LogP contribution in [0.1, 0.15) is 82.4 Å². The summed E-state index contributed by atoms with van der Waals surface area (Å²) in [6, 6.07) is 0.821. The van der Waals surface area contributed by atoms with Crippen LogP contribution in [0.2, 0.25) is 0 Å². The van der Waals surface area contributed by atoms with Crippen molar-refractivity contribution in [3.05, 3.63) is 11.6 Å². The number of nitrogens with two attached hydrogens (primary N) is 1. The number of aromatic nitrogens is 3. The van der Waals surface area contributed by atoms with Crippen molar-refractivity contribution in [3.63, 3.8) is 0 Å². The highest BCUT2D eigenvalue weighted by Gasteiger charge is 2.41. The van der Waals surface area contributed by atoms with E-state index in [1.54, 1.807) is 0 Å². The summed E-state index contributed by atoms with van der Waals surface area (Å²) in [4.78, 5) is 0. The zero-order valence-electron chi connectivity index (χ0n) is 12.9. The third kappa shape index (κ3) is 2.28. The minimum absolute atomic E-state index is 0.0109. The molecule has 1 heterocycles. The van der Waals surface area contributed by atoms with Gasteiger partial charge in [-0.15, -0.1) is 10.2 Å². The third-order valence-electron chi connectivity index (χ3n) is 5.60. The summed E-state index contributed by atoms with van der Waals surface area (Å²) in [5.41, 5.74) is 6.48. The molecule has 0 aliphatic heterocycles. The molecule has 0 bridgehead atoms. The van der Waals surface area contributed by atoms with Gasteiger partial charge >= 0.3 is 0 Å². The van der Waals surface area contributed by atoms with Gasteiger partial charge in [-0.3, -0.25) is 0 Å². The quantitative estimate of drug-likeness (QED) is 0.902. The molecule has 2 N–H and O–H groups in total. The monoisotopic (exact) mass is 276 g/mol. The standard InChI is InChI=1S/C16H28N4/c1-12-18-19-15(16(2)11-7-6-10-14(16)17)20(12)13-8-4-3-5-9-13/h13-14H,3-11,17H2,1-2H3. The summed E-state index contributed by atoms with van der Waals surface area (Å²) in [7, 11) is 0. The van der Waals surface area contributed by atoms with E-state index in [9.17, 15) is 0 Å². The van der Waals surface area contributed by atoms with Crippen LogP contribution in [0.15, 0.2) is 0 Å². The molecule has 0 radical (unpaired) electrons. The minimum atomic E-state index is 0.0109. The van der Waals surface area contributed by atoms with Crippen molar-refractivity contribution in [2.45, 2.75) is 89.1 Å². The van der Waals surface area contributed by atoms with Crippen molar-refractivity contribution in [1.82, 2.24) is 14.8 Å². The van der Waals surface area contributed by atoms with Crippen molar-refractivity contribution >= 4 is 0 Å². The molecule has 0 spiro atoms. The number of nitrogens with zero attached hydrogens (tertiary/aromatic N) is 3. The van der Waals surface area contributed by atoms with E-state index >= 15 is 0 Å². The van der Waals surface area contributed by atoms with E-state index in [4.69, 9.17) is 5.73 Å². The van der Waals surface area contributed by atoms with Crippen LogP contribution in [0.3, 0.4) is 0 Å². The van der Waals surface area contributed by atoms with Gasteiger partial charge in [-0.25, -0.2) is 0 Å². The molecule has 20 heavy (non-hydrogen) atoms. The average molecular weight is 276 g/mol. The third-order valence-corrected chi connectivity index (χ3v) is 5.60. The Bertz CT molecular complexity index is 461. The van der Waals surface area contributed by atoms with E-state index in [2.05, 4.69) is 28.6 Å². The van der Waals surface area contributed by atoms with Crippen LogP contribution in [0.4, 0.5) is 0 Å². The highest BCUT2D eigenvalue weighted by atomic mass is 15.3. The maximum atomic E-state index is 6.47. The Kier molecular flexibility index (Phi) is 3.85. The number of hydrogen-bond acceptors (Lipinski definition) is 3. The molecule has 3 rings (SSSR count). The van der Waals surface area contributed by atoms with Gasteiger partial charge in [0.15, 0.2) is 0 Å².